The van der Waals surface area contributed by atoms with E-state index < -0.39 is 0 Å². The van der Waals surface area contributed by atoms with Crippen molar-refractivity contribution >= 4 is 0 Å². The SMILES string of the molecule is C=C(C)[C@@H]1CCCO[C@H]1c1ccc(OC)cc1. The standard InChI is InChI=1S/C15H20O2/c1-11(2)14-5-4-10-17-15(14)12-6-8-13(16-3)9-7-12/h6-9,14-15H,1,4-5,10H2,2-3H3/t14-,15-/m0/s1. The second-order valence-electron chi connectivity index (χ2n) is 4.66. The van der Waals surface area contributed by atoms with Crippen LogP contribution >= 0.6 is 0 Å². The van der Waals surface area contributed by atoms with E-state index in [1.54, 1.807) is 7.11 Å². The molecule has 2 atom stereocenters. The lowest BCUT2D eigenvalue weighted by Gasteiger charge is -2.32. The van der Waals surface area contributed by atoms with Gasteiger partial charge in [-0.1, -0.05) is 24.3 Å². The topological polar surface area (TPSA) is 18.5 Å². The zero-order chi connectivity index (χ0) is 12.3. The minimum Gasteiger partial charge on any atom is -0.497 e. The van der Waals surface area contributed by atoms with Gasteiger partial charge in [0, 0.05) is 12.5 Å². The predicted molar refractivity (Wildman–Crippen MR) is 69.2 cm³/mol. The van der Waals surface area contributed by atoms with Crippen molar-refractivity contribution in [1.29, 1.82) is 0 Å². The van der Waals surface area contributed by atoms with Crippen LogP contribution in [0.1, 0.15) is 31.4 Å². The Kier molecular flexibility index (Phi) is 3.85. The van der Waals surface area contributed by atoms with Crippen LogP contribution in [-0.2, 0) is 4.74 Å². The lowest BCUT2D eigenvalue weighted by Crippen LogP contribution is -2.23. The fourth-order valence-corrected chi connectivity index (χ4v) is 2.41. The zero-order valence-corrected chi connectivity index (χ0v) is 10.6. The Hall–Kier alpha value is -1.28. The molecule has 0 bridgehead atoms. The van der Waals surface area contributed by atoms with Gasteiger partial charge in [-0.15, -0.1) is 0 Å². The van der Waals surface area contributed by atoms with Crippen molar-refractivity contribution in [2.45, 2.75) is 25.9 Å². The fraction of sp³-hybridized carbons (Fsp3) is 0.467. The van der Waals surface area contributed by atoms with E-state index >= 15 is 0 Å². The summed E-state index contributed by atoms with van der Waals surface area (Å²) in [4.78, 5) is 0. The van der Waals surface area contributed by atoms with Crippen LogP contribution < -0.4 is 4.74 Å². The third-order valence-electron chi connectivity index (χ3n) is 3.40. The predicted octanol–water partition coefficient (Wildman–Crippen LogP) is 3.74. The fourth-order valence-electron chi connectivity index (χ4n) is 2.41. The molecule has 1 aliphatic rings. The normalized spacial score (nSPS) is 24.4. The quantitative estimate of drug-likeness (QED) is 0.739. The molecule has 1 fully saturated rings. The average molecular weight is 232 g/mol. The van der Waals surface area contributed by atoms with Gasteiger partial charge in [0.05, 0.1) is 13.2 Å². The number of hydrogen-bond acceptors (Lipinski definition) is 2. The maximum Gasteiger partial charge on any atom is 0.118 e. The first-order valence-electron chi connectivity index (χ1n) is 6.13. The number of methoxy groups -OCH3 is 1. The number of benzene rings is 1. The van der Waals surface area contributed by atoms with E-state index in [1.807, 2.05) is 12.1 Å². The van der Waals surface area contributed by atoms with Gasteiger partial charge in [-0.25, -0.2) is 0 Å². The van der Waals surface area contributed by atoms with Crippen molar-refractivity contribution in [2.24, 2.45) is 5.92 Å². The first kappa shape index (κ1) is 12.2. The van der Waals surface area contributed by atoms with Gasteiger partial charge in [0.1, 0.15) is 5.75 Å². The van der Waals surface area contributed by atoms with Crippen LogP contribution in [-0.4, -0.2) is 13.7 Å². The minimum absolute atomic E-state index is 0.159. The van der Waals surface area contributed by atoms with Crippen LogP contribution in [0.25, 0.3) is 0 Å². The summed E-state index contributed by atoms with van der Waals surface area (Å²) < 4.78 is 11.1. The van der Waals surface area contributed by atoms with Gasteiger partial charge in [0.15, 0.2) is 0 Å². The summed E-state index contributed by atoms with van der Waals surface area (Å²) in [7, 11) is 1.68. The van der Waals surface area contributed by atoms with E-state index in [0.717, 1.165) is 18.8 Å². The van der Waals surface area contributed by atoms with Gasteiger partial charge >= 0.3 is 0 Å². The minimum atomic E-state index is 0.159. The second kappa shape index (κ2) is 5.37. The molecule has 0 amide bonds. The van der Waals surface area contributed by atoms with E-state index in [0.29, 0.717) is 5.92 Å². The highest BCUT2D eigenvalue weighted by Gasteiger charge is 2.27. The van der Waals surface area contributed by atoms with Crippen LogP contribution in [0, 0.1) is 5.92 Å². The van der Waals surface area contributed by atoms with Crippen molar-refractivity contribution in [3.05, 3.63) is 42.0 Å². The summed E-state index contributed by atoms with van der Waals surface area (Å²) in [5.74, 6) is 1.33. The van der Waals surface area contributed by atoms with E-state index in [9.17, 15) is 0 Å². The number of ether oxygens (including phenoxy) is 2. The Labute approximate surface area is 103 Å². The Morgan fingerprint density at radius 1 is 1.35 bits per heavy atom. The molecule has 0 spiro atoms. The zero-order valence-electron chi connectivity index (χ0n) is 10.6. The molecule has 0 radical (unpaired) electrons. The van der Waals surface area contributed by atoms with Crippen molar-refractivity contribution in [2.75, 3.05) is 13.7 Å². The summed E-state index contributed by atoms with van der Waals surface area (Å²) in [5.41, 5.74) is 2.43. The first-order valence-corrected chi connectivity index (χ1v) is 6.13. The molecule has 92 valence electrons. The molecule has 17 heavy (non-hydrogen) atoms. The highest BCUT2D eigenvalue weighted by molar-refractivity contribution is 5.30. The van der Waals surface area contributed by atoms with Gasteiger partial charge in [-0.3, -0.25) is 0 Å². The first-order chi connectivity index (χ1) is 8.22. The molecule has 1 saturated heterocycles. The third kappa shape index (κ3) is 2.70. The number of hydrogen-bond donors (Lipinski definition) is 0. The molecule has 2 nitrogen and oxygen atoms in total. The lowest BCUT2D eigenvalue weighted by atomic mass is 9.85. The van der Waals surface area contributed by atoms with Crippen LogP contribution in [0.3, 0.4) is 0 Å². The molecular formula is C15H20O2. The van der Waals surface area contributed by atoms with E-state index in [2.05, 4.69) is 25.6 Å². The molecule has 2 heteroatoms. The van der Waals surface area contributed by atoms with E-state index in [1.165, 1.54) is 17.6 Å². The molecule has 0 N–H and O–H groups in total. The Morgan fingerprint density at radius 2 is 2.06 bits per heavy atom. The van der Waals surface area contributed by atoms with Crippen molar-refractivity contribution in [1.82, 2.24) is 0 Å². The van der Waals surface area contributed by atoms with Crippen molar-refractivity contribution < 1.29 is 9.47 Å². The van der Waals surface area contributed by atoms with Crippen LogP contribution in [0.2, 0.25) is 0 Å². The molecule has 0 aliphatic carbocycles. The molecule has 0 unspecified atom stereocenters. The molecule has 0 saturated carbocycles. The summed E-state index contributed by atoms with van der Waals surface area (Å²) in [6.07, 6.45) is 2.46. The lowest BCUT2D eigenvalue weighted by molar-refractivity contribution is -0.0160. The van der Waals surface area contributed by atoms with Gasteiger partial charge < -0.3 is 9.47 Å². The Balaban J connectivity index is 2.20. The largest absolute Gasteiger partial charge is 0.497 e. The molecule has 2 rings (SSSR count). The maximum absolute atomic E-state index is 5.91. The summed E-state index contributed by atoms with van der Waals surface area (Å²) in [5, 5.41) is 0. The Morgan fingerprint density at radius 3 is 2.65 bits per heavy atom. The molecule has 1 heterocycles. The van der Waals surface area contributed by atoms with E-state index in [-0.39, 0.29) is 6.10 Å². The van der Waals surface area contributed by atoms with Crippen molar-refractivity contribution in [3.8, 4) is 5.75 Å². The summed E-state index contributed by atoms with van der Waals surface area (Å²) in [6, 6.07) is 8.15. The molecule has 1 aromatic carbocycles. The summed E-state index contributed by atoms with van der Waals surface area (Å²) in [6.45, 7) is 7.02. The number of rotatable bonds is 3. The molecular weight excluding hydrogens is 212 g/mol. The molecule has 0 aromatic heterocycles. The van der Waals surface area contributed by atoms with Gasteiger partial charge in [-0.05, 0) is 37.5 Å². The van der Waals surface area contributed by atoms with Crippen LogP contribution in [0.4, 0.5) is 0 Å². The average Bonchev–Trinajstić information content (AvgIpc) is 2.39. The maximum atomic E-state index is 5.91. The Bertz CT molecular complexity index is 380. The van der Waals surface area contributed by atoms with Gasteiger partial charge in [-0.2, -0.15) is 0 Å². The third-order valence-corrected chi connectivity index (χ3v) is 3.40. The van der Waals surface area contributed by atoms with Gasteiger partial charge in [0.2, 0.25) is 0 Å². The molecule has 1 aromatic rings. The summed E-state index contributed by atoms with van der Waals surface area (Å²) >= 11 is 0. The molecule has 1 aliphatic heterocycles. The van der Waals surface area contributed by atoms with Gasteiger partial charge in [0.25, 0.3) is 0 Å². The highest BCUT2D eigenvalue weighted by Crippen LogP contribution is 2.37. The smallest absolute Gasteiger partial charge is 0.118 e. The highest BCUT2D eigenvalue weighted by atomic mass is 16.5. The van der Waals surface area contributed by atoms with Crippen LogP contribution in [0.5, 0.6) is 5.75 Å². The monoisotopic (exact) mass is 232 g/mol. The van der Waals surface area contributed by atoms with E-state index in [4.69, 9.17) is 9.47 Å². The van der Waals surface area contributed by atoms with Crippen LogP contribution in [0.15, 0.2) is 36.4 Å². The second-order valence-corrected chi connectivity index (χ2v) is 4.66. The van der Waals surface area contributed by atoms with Crippen molar-refractivity contribution in [3.63, 3.8) is 0 Å².